The van der Waals surface area contributed by atoms with Crippen molar-refractivity contribution in [2.75, 3.05) is 5.88 Å². The first-order valence-electron chi connectivity index (χ1n) is 5.42. The summed E-state index contributed by atoms with van der Waals surface area (Å²) < 4.78 is 5.62. The van der Waals surface area contributed by atoms with Crippen molar-refractivity contribution in [3.8, 4) is 11.5 Å². The molecule has 0 spiro atoms. The quantitative estimate of drug-likeness (QED) is 0.856. The zero-order chi connectivity index (χ0) is 13.0. The minimum atomic E-state index is -1.53. The highest BCUT2D eigenvalue weighted by Crippen LogP contribution is 2.29. The summed E-state index contributed by atoms with van der Waals surface area (Å²) in [5.41, 5.74) is 0.541. The Morgan fingerprint density at radius 2 is 1.50 bits per heavy atom. The Morgan fingerprint density at radius 3 is 2.06 bits per heavy atom. The molecule has 1 atom stereocenters. The molecule has 2 nitrogen and oxygen atoms in total. The topological polar surface area (TPSA) is 29.5 Å². The van der Waals surface area contributed by atoms with Gasteiger partial charge in [0.15, 0.2) is 5.06 Å². The number of hydrogen-bond acceptors (Lipinski definition) is 2. The highest BCUT2D eigenvalue weighted by molar-refractivity contribution is 6.29. The van der Waals surface area contributed by atoms with Gasteiger partial charge in [-0.05, 0) is 24.3 Å². The zero-order valence-electron chi connectivity index (χ0n) is 9.51. The van der Waals surface area contributed by atoms with Gasteiger partial charge < -0.3 is 9.84 Å². The van der Waals surface area contributed by atoms with Gasteiger partial charge in [-0.25, -0.2) is 0 Å². The molecule has 2 aromatic carbocycles. The molecule has 94 valence electrons. The van der Waals surface area contributed by atoms with E-state index in [0.717, 1.165) is 5.75 Å². The van der Waals surface area contributed by atoms with Crippen LogP contribution in [-0.4, -0.2) is 11.0 Å². The molecule has 1 unspecified atom stereocenters. The second-order valence-electron chi connectivity index (χ2n) is 3.83. The first kappa shape index (κ1) is 13.2. The van der Waals surface area contributed by atoms with E-state index in [2.05, 4.69) is 0 Å². The van der Waals surface area contributed by atoms with Crippen molar-refractivity contribution >= 4 is 23.2 Å². The molecular weight excluding hydrogens is 271 g/mol. The summed E-state index contributed by atoms with van der Waals surface area (Å²) in [6.45, 7) is 0. The highest BCUT2D eigenvalue weighted by Gasteiger charge is 2.24. The van der Waals surface area contributed by atoms with Gasteiger partial charge in [0.1, 0.15) is 11.5 Å². The summed E-state index contributed by atoms with van der Waals surface area (Å²) in [6.07, 6.45) is 0. The minimum absolute atomic E-state index is 0.0759. The first-order valence-corrected chi connectivity index (χ1v) is 6.34. The van der Waals surface area contributed by atoms with Crippen molar-refractivity contribution in [3.63, 3.8) is 0 Å². The third-order valence-corrected chi connectivity index (χ3v) is 3.33. The predicted octanol–water partition coefficient (Wildman–Crippen LogP) is 4.10. The zero-order valence-corrected chi connectivity index (χ0v) is 11.0. The summed E-state index contributed by atoms with van der Waals surface area (Å²) in [6, 6.07) is 16.3. The fourth-order valence-corrected chi connectivity index (χ4v) is 1.76. The Kier molecular flexibility index (Phi) is 4.12. The van der Waals surface area contributed by atoms with Crippen molar-refractivity contribution in [1.29, 1.82) is 0 Å². The Bertz CT molecular complexity index is 495. The number of ether oxygens (including phenoxy) is 1. The minimum Gasteiger partial charge on any atom is -0.457 e. The molecule has 0 aromatic heterocycles. The van der Waals surface area contributed by atoms with Crippen molar-refractivity contribution in [3.05, 3.63) is 60.2 Å². The van der Waals surface area contributed by atoms with E-state index in [-0.39, 0.29) is 5.88 Å². The van der Waals surface area contributed by atoms with Crippen LogP contribution in [0.3, 0.4) is 0 Å². The maximum Gasteiger partial charge on any atom is 0.177 e. The van der Waals surface area contributed by atoms with E-state index in [1.165, 1.54) is 0 Å². The molecule has 0 amide bonds. The Hall–Kier alpha value is -1.22. The SMILES string of the molecule is OC(Cl)(CCl)c1ccc(Oc2ccccc2)cc1. The predicted molar refractivity (Wildman–Crippen MR) is 73.4 cm³/mol. The fourth-order valence-electron chi connectivity index (χ4n) is 1.48. The lowest BCUT2D eigenvalue weighted by Crippen LogP contribution is -2.19. The molecule has 0 aliphatic carbocycles. The molecule has 0 bridgehead atoms. The van der Waals surface area contributed by atoms with E-state index in [4.69, 9.17) is 27.9 Å². The van der Waals surface area contributed by atoms with Crippen LogP contribution in [-0.2, 0) is 5.06 Å². The van der Waals surface area contributed by atoms with Gasteiger partial charge in [-0.15, -0.1) is 11.6 Å². The van der Waals surface area contributed by atoms with Crippen LogP contribution in [0, 0.1) is 0 Å². The molecule has 2 rings (SSSR count). The van der Waals surface area contributed by atoms with Crippen molar-refractivity contribution < 1.29 is 9.84 Å². The second kappa shape index (κ2) is 5.61. The van der Waals surface area contributed by atoms with E-state index < -0.39 is 5.06 Å². The van der Waals surface area contributed by atoms with Gasteiger partial charge in [0.25, 0.3) is 0 Å². The van der Waals surface area contributed by atoms with Gasteiger partial charge in [-0.1, -0.05) is 41.9 Å². The smallest absolute Gasteiger partial charge is 0.177 e. The molecule has 0 aliphatic heterocycles. The fraction of sp³-hybridized carbons (Fsp3) is 0.143. The first-order chi connectivity index (χ1) is 8.62. The average molecular weight is 283 g/mol. The maximum absolute atomic E-state index is 9.77. The summed E-state index contributed by atoms with van der Waals surface area (Å²) >= 11 is 11.4. The van der Waals surface area contributed by atoms with Crippen LogP contribution in [0.5, 0.6) is 11.5 Å². The molecule has 0 fully saturated rings. The van der Waals surface area contributed by atoms with Crippen LogP contribution in [0.25, 0.3) is 0 Å². The lowest BCUT2D eigenvalue weighted by atomic mass is 10.1. The van der Waals surface area contributed by atoms with Crippen LogP contribution >= 0.6 is 23.2 Å². The third kappa shape index (κ3) is 3.16. The van der Waals surface area contributed by atoms with Crippen LogP contribution in [0.15, 0.2) is 54.6 Å². The largest absolute Gasteiger partial charge is 0.457 e. The molecule has 0 saturated heterocycles. The number of halogens is 2. The number of hydrogen-bond donors (Lipinski definition) is 1. The lowest BCUT2D eigenvalue weighted by Gasteiger charge is -2.18. The number of aliphatic hydroxyl groups is 1. The molecule has 0 radical (unpaired) electrons. The molecule has 1 N–H and O–H groups in total. The molecule has 0 aliphatic rings. The maximum atomic E-state index is 9.77. The monoisotopic (exact) mass is 282 g/mol. The number of benzene rings is 2. The van der Waals surface area contributed by atoms with E-state index in [9.17, 15) is 5.11 Å². The molecule has 4 heteroatoms. The van der Waals surface area contributed by atoms with Gasteiger partial charge >= 0.3 is 0 Å². The van der Waals surface area contributed by atoms with Crippen LogP contribution < -0.4 is 4.74 Å². The molecular formula is C14H12Cl2O2. The molecule has 18 heavy (non-hydrogen) atoms. The summed E-state index contributed by atoms with van der Waals surface area (Å²) in [7, 11) is 0. The van der Waals surface area contributed by atoms with Crippen LogP contribution in [0.1, 0.15) is 5.56 Å². The molecule has 0 heterocycles. The summed E-state index contributed by atoms with van der Waals surface area (Å²) in [5, 5.41) is 8.23. The van der Waals surface area contributed by atoms with Gasteiger partial charge in [0.2, 0.25) is 0 Å². The normalized spacial score (nSPS) is 13.9. The highest BCUT2D eigenvalue weighted by atomic mass is 35.5. The molecule has 0 saturated carbocycles. The van der Waals surface area contributed by atoms with Gasteiger partial charge in [0, 0.05) is 5.56 Å². The van der Waals surface area contributed by atoms with Crippen molar-refractivity contribution in [2.45, 2.75) is 5.06 Å². The van der Waals surface area contributed by atoms with E-state index in [1.54, 1.807) is 24.3 Å². The van der Waals surface area contributed by atoms with Crippen molar-refractivity contribution in [1.82, 2.24) is 0 Å². The summed E-state index contributed by atoms with van der Waals surface area (Å²) in [5.74, 6) is 1.35. The van der Waals surface area contributed by atoms with E-state index >= 15 is 0 Å². The van der Waals surface area contributed by atoms with Gasteiger partial charge in [-0.2, -0.15) is 0 Å². The summed E-state index contributed by atoms with van der Waals surface area (Å²) in [4.78, 5) is 0. The van der Waals surface area contributed by atoms with Crippen LogP contribution in [0.4, 0.5) is 0 Å². The Labute approximate surface area is 116 Å². The second-order valence-corrected chi connectivity index (χ2v) is 4.72. The van der Waals surface area contributed by atoms with E-state index in [0.29, 0.717) is 11.3 Å². The van der Waals surface area contributed by atoms with Gasteiger partial charge in [0.05, 0.1) is 5.88 Å². The Balaban J connectivity index is 2.14. The standard InChI is InChI=1S/C14H12Cl2O2/c15-10-14(16,17)11-6-8-13(9-7-11)18-12-4-2-1-3-5-12/h1-9,17H,10H2. The Morgan fingerprint density at radius 1 is 0.944 bits per heavy atom. The lowest BCUT2D eigenvalue weighted by molar-refractivity contribution is 0.154. The number of para-hydroxylation sites is 1. The third-order valence-electron chi connectivity index (χ3n) is 2.45. The number of rotatable bonds is 4. The molecule has 2 aromatic rings. The van der Waals surface area contributed by atoms with Crippen molar-refractivity contribution in [2.24, 2.45) is 0 Å². The average Bonchev–Trinajstić information content (AvgIpc) is 2.40. The van der Waals surface area contributed by atoms with Gasteiger partial charge in [-0.3, -0.25) is 0 Å². The number of alkyl halides is 2. The van der Waals surface area contributed by atoms with Crippen LogP contribution in [0.2, 0.25) is 0 Å². The van der Waals surface area contributed by atoms with E-state index in [1.807, 2.05) is 30.3 Å².